The molecule has 1 aromatic heterocycles. The van der Waals surface area contributed by atoms with Crippen LogP contribution in [-0.4, -0.2) is 9.78 Å². The lowest BCUT2D eigenvalue weighted by atomic mass is 9.81. The molecular formula is C15H24N2. The third-order valence-electron chi connectivity index (χ3n) is 4.56. The second-order valence-corrected chi connectivity index (χ2v) is 5.68. The van der Waals surface area contributed by atoms with E-state index < -0.39 is 0 Å². The highest BCUT2D eigenvalue weighted by Crippen LogP contribution is 2.37. The summed E-state index contributed by atoms with van der Waals surface area (Å²) in [6.07, 6.45) is 12.2. The van der Waals surface area contributed by atoms with Gasteiger partial charge in [0, 0.05) is 12.2 Å². The number of rotatable bonds is 2. The van der Waals surface area contributed by atoms with Gasteiger partial charge >= 0.3 is 0 Å². The molecule has 0 spiro atoms. The second-order valence-electron chi connectivity index (χ2n) is 5.68. The summed E-state index contributed by atoms with van der Waals surface area (Å²) in [6, 6.07) is 0. The van der Waals surface area contributed by atoms with Gasteiger partial charge in [0.05, 0.1) is 5.69 Å². The van der Waals surface area contributed by atoms with E-state index in [0.717, 1.165) is 18.9 Å². The summed E-state index contributed by atoms with van der Waals surface area (Å²) >= 11 is 0. The van der Waals surface area contributed by atoms with Gasteiger partial charge in [-0.1, -0.05) is 26.2 Å². The maximum absolute atomic E-state index is 4.86. The molecule has 1 saturated carbocycles. The molecule has 2 heteroatoms. The van der Waals surface area contributed by atoms with Crippen LogP contribution >= 0.6 is 0 Å². The van der Waals surface area contributed by atoms with Crippen LogP contribution in [0.1, 0.15) is 74.7 Å². The minimum absolute atomic E-state index is 0.834. The molecule has 2 aliphatic rings. The highest BCUT2D eigenvalue weighted by Gasteiger charge is 2.26. The fourth-order valence-electron chi connectivity index (χ4n) is 3.69. The Morgan fingerprint density at radius 3 is 2.71 bits per heavy atom. The molecule has 0 atom stereocenters. The third kappa shape index (κ3) is 2.02. The summed E-state index contributed by atoms with van der Waals surface area (Å²) in [5, 5.41) is 4.86. The largest absolute Gasteiger partial charge is 0.269 e. The molecule has 0 unspecified atom stereocenters. The Balaban J connectivity index is 1.97. The van der Waals surface area contributed by atoms with Crippen LogP contribution in [0.15, 0.2) is 0 Å². The lowest BCUT2D eigenvalue weighted by Gasteiger charge is -2.24. The van der Waals surface area contributed by atoms with Crippen LogP contribution in [0.3, 0.4) is 0 Å². The summed E-state index contributed by atoms with van der Waals surface area (Å²) in [7, 11) is 0. The number of nitrogens with zero attached hydrogens (tertiary/aromatic N) is 2. The molecule has 2 nitrogen and oxygen atoms in total. The fraction of sp³-hybridized carbons (Fsp3) is 0.800. The van der Waals surface area contributed by atoms with E-state index >= 15 is 0 Å². The molecule has 1 aromatic rings. The topological polar surface area (TPSA) is 17.8 Å². The van der Waals surface area contributed by atoms with Gasteiger partial charge in [0.25, 0.3) is 0 Å². The number of fused-ring (bicyclic) bond motifs is 1. The molecule has 0 radical (unpaired) electrons. The quantitative estimate of drug-likeness (QED) is 0.757. The van der Waals surface area contributed by atoms with Crippen LogP contribution in [0, 0.1) is 0 Å². The molecule has 0 N–H and O–H groups in total. The van der Waals surface area contributed by atoms with Crippen molar-refractivity contribution in [2.75, 3.05) is 0 Å². The number of hydrogen-bond acceptors (Lipinski definition) is 1. The molecule has 1 fully saturated rings. The molecule has 0 aromatic carbocycles. The predicted molar refractivity (Wildman–Crippen MR) is 70.4 cm³/mol. The van der Waals surface area contributed by atoms with E-state index in [4.69, 9.17) is 5.10 Å². The van der Waals surface area contributed by atoms with Crippen LogP contribution in [0.25, 0.3) is 0 Å². The summed E-state index contributed by atoms with van der Waals surface area (Å²) in [6.45, 7) is 3.43. The van der Waals surface area contributed by atoms with Crippen molar-refractivity contribution >= 4 is 0 Å². The summed E-state index contributed by atoms with van der Waals surface area (Å²) in [5.74, 6) is 0.834. The summed E-state index contributed by atoms with van der Waals surface area (Å²) in [4.78, 5) is 0. The summed E-state index contributed by atoms with van der Waals surface area (Å²) in [5.41, 5.74) is 4.68. The van der Waals surface area contributed by atoms with Gasteiger partial charge in [0.15, 0.2) is 0 Å². The first kappa shape index (κ1) is 11.3. The first-order chi connectivity index (χ1) is 8.40. The molecular weight excluding hydrogens is 208 g/mol. The van der Waals surface area contributed by atoms with Gasteiger partial charge in [-0.3, -0.25) is 4.68 Å². The highest BCUT2D eigenvalue weighted by atomic mass is 15.3. The maximum Gasteiger partial charge on any atom is 0.0659 e. The number of hydrogen-bond donors (Lipinski definition) is 0. The second kappa shape index (κ2) is 4.83. The fourth-order valence-corrected chi connectivity index (χ4v) is 3.69. The van der Waals surface area contributed by atoms with E-state index in [-0.39, 0.29) is 0 Å². The Morgan fingerprint density at radius 2 is 1.94 bits per heavy atom. The number of aromatic nitrogens is 2. The van der Waals surface area contributed by atoms with Crippen LogP contribution in [0.2, 0.25) is 0 Å². The van der Waals surface area contributed by atoms with E-state index in [1.165, 1.54) is 57.1 Å². The van der Waals surface area contributed by atoms with E-state index in [0.29, 0.717) is 0 Å². The average molecular weight is 232 g/mol. The lowest BCUT2D eigenvalue weighted by Crippen LogP contribution is -2.14. The van der Waals surface area contributed by atoms with Gasteiger partial charge in [-0.15, -0.1) is 0 Å². The van der Waals surface area contributed by atoms with Crippen molar-refractivity contribution in [1.82, 2.24) is 9.78 Å². The first-order valence-corrected chi connectivity index (χ1v) is 7.48. The molecule has 0 saturated heterocycles. The Morgan fingerprint density at radius 1 is 1.12 bits per heavy atom. The standard InChI is InChI=1S/C15H24N2/c1-2-13-15(12-8-4-3-5-9-12)14-10-6-7-11-17(14)16-13/h12H,2-11H2,1H3. The maximum atomic E-state index is 4.86. The predicted octanol–water partition coefficient (Wildman–Crippen LogP) is 3.83. The van der Waals surface area contributed by atoms with Crippen molar-refractivity contribution in [3.05, 3.63) is 17.0 Å². The monoisotopic (exact) mass is 232 g/mol. The van der Waals surface area contributed by atoms with Gasteiger partial charge in [0.1, 0.15) is 0 Å². The average Bonchev–Trinajstić information content (AvgIpc) is 2.78. The zero-order valence-corrected chi connectivity index (χ0v) is 11.0. The Bertz CT molecular complexity index is 386. The Labute approximate surface area is 104 Å². The van der Waals surface area contributed by atoms with Crippen LogP contribution in [-0.2, 0) is 19.4 Å². The molecule has 0 bridgehead atoms. The Hall–Kier alpha value is -0.790. The van der Waals surface area contributed by atoms with Crippen molar-refractivity contribution in [1.29, 1.82) is 0 Å². The molecule has 1 aliphatic heterocycles. The van der Waals surface area contributed by atoms with Crippen molar-refractivity contribution in [3.63, 3.8) is 0 Å². The van der Waals surface area contributed by atoms with Crippen LogP contribution < -0.4 is 0 Å². The zero-order valence-electron chi connectivity index (χ0n) is 11.0. The van der Waals surface area contributed by atoms with Gasteiger partial charge in [-0.2, -0.15) is 5.10 Å². The molecule has 94 valence electrons. The molecule has 1 aliphatic carbocycles. The minimum Gasteiger partial charge on any atom is -0.269 e. The van der Waals surface area contributed by atoms with Gasteiger partial charge in [-0.25, -0.2) is 0 Å². The summed E-state index contributed by atoms with van der Waals surface area (Å²) < 4.78 is 2.33. The smallest absolute Gasteiger partial charge is 0.0659 e. The Kier molecular flexibility index (Phi) is 3.21. The highest BCUT2D eigenvalue weighted by molar-refractivity contribution is 5.32. The normalized spacial score (nSPS) is 21.5. The van der Waals surface area contributed by atoms with Crippen LogP contribution in [0.4, 0.5) is 0 Å². The first-order valence-electron chi connectivity index (χ1n) is 7.48. The van der Waals surface area contributed by atoms with Crippen molar-refractivity contribution in [3.8, 4) is 0 Å². The van der Waals surface area contributed by atoms with E-state index in [9.17, 15) is 0 Å². The minimum atomic E-state index is 0.834. The van der Waals surface area contributed by atoms with Crippen molar-refractivity contribution < 1.29 is 0 Å². The third-order valence-corrected chi connectivity index (χ3v) is 4.56. The van der Waals surface area contributed by atoms with Gasteiger partial charge in [-0.05, 0) is 50.0 Å². The van der Waals surface area contributed by atoms with E-state index in [1.54, 1.807) is 11.3 Å². The van der Waals surface area contributed by atoms with Gasteiger partial charge < -0.3 is 0 Å². The molecule has 2 heterocycles. The van der Waals surface area contributed by atoms with E-state index in [2.05, 4.69) is 11.6 Å². The van der Waals surface area contributed by atoms with Crippen LogP contribution in [0.5, 0.6) is 0 Å². The van der Waals surface area contributed by atoms with Gasteiger partial charge in [0.2, 0.25) is 0 Å². The van der Waals surface area contributed by atoms with E-state index in [1.807, 2.05) is 0 Å². The van der Waals surface area contributed by atoms with Crippen molar-refractivity contribution in [2.45, 2.75) is 77.2 Å². The number of aryl methyl sites for hydroxylation is 2. The molecule has 3 rings (SSSR count). The molecule has 0 amide bonds. The SMILES string of the molecule is CCc1nn2c(c1C1CCCCC1)CCCC2. The molecule has 17 heavy (non-hydrogen) atoms. The zero-order chi connectivity index (χ0) is 11.7. The lowest BCUT2D eigenvalue weighted by molar-refractivity contribution is 0.432. The van der Waals surface area contributed by atoms with Crippen molar-refractivity contribution in [2.24, 2.45) is 0 Å².